The van der Waals surface area contributed by atoms with E-state index in [2.05, 4.69) is 52.3 Å². The average molecular weight is 320 g/mol. The summed E-state index contributed by atoms with van der Waals surface area (Å²) in [7, 11) is 2.06. The fourth-order valence-electron chi connectivity index (χ4n) is 3.03. The number of aromatic nitrogens is 5. The minimum atomic E-state index is 0.847. The SMILES string of the molecule is CCCN(C)c1ccc2ncc(-c3ccc4c(C)n[nH]c4c3)n2n1. The van der Waals surface area contributed by atoms with Gasteiger partial charge in [0.2, 0.25) is 0 Å². The van der Waals surface area contributed by atoms with E-state index in [1.54, 1.807) is 0 Å². The molecule has 1 N–H and O–H groups in total. The van der Waals surface area contributed by atoms with Crippen LogP contribution in [0, 0.1) is 6.92 Å². The van der Waals surface area contributed by atoms with Gasteiger partial charge >= 0.3 is 0 Å². The molecular weight excluding hydrogens is 300 g/mol. The van der Waals surface area contributed by atoms with Crippen molar-refractivity contribution >= 4 is 22.4 Å². The fraction of sp³-hybridized carbons (Fsp3) is 0.278. The molecule has 0 bridgehead atoms. The van der Waals surface area contributed by atoms with Gasteiger partial charge in [-0.15, -0.1) is 5.10 Å². The minimum Gasteiger partial charge on any atom is -0.358 e. The highest BCUT2D eigenvalue weighted by molar-refractivity contribution is 5.85. The Morgan fingerprint density at radius 1 is 1.21 bits per heavy atom. The van der Waals surface area contributed by atoms with E-state index < -0.39 is 0 Å². The Kier molecular flexibility index (Phi) is 3.45. The van der Waals surface area contributed by atoms with Crippen LogP contribution in [0.2, 0.25) is 0 Å². The number of hydrogen-bond donors (Lipinski definition) is 1. The van der Waals surface area contributed by atoms with Crippen LogP contribution in [0.4, 0.5) is 5.82 Å². The topological polar surface area (TPSA) is 62.1 Å². The first kappa shape index (κ1) is 14.7. The number of aromatic amines is 1. The smallest absolute Gasteiger partial charge is 0.154 e. The number of benzene rings is 1. The number of fused-ring (bicyclic) bond motifs is 2. The van der Waals surface area contributed by atoms with Crippen molar-refractivity contribution in [1.29, 1.82) is 0 Å². The van der Waals surface area contributed by atoms with Crippen molar-refractivity contribution in [3.05, 3.63) is 42.2 Å². The van der Waals surface area contributed by atoms with E-state index in [9.17, 15) is 0 Å². The molecule has 0 atom stereocenters. The van der Waals surface area contributed by atoms with Crippen LogP contribution in [0.25, 0.3) is 27.8 Å². The fourth-order valence-corrected chi connectivity index (χ4v) is 3.03. The Labute approximate surface area is 140 Å². The first-order valence-electron chi connectivity index (χ1n) is 8.18. The molecule has 0 unspecified atom stereocenters. The molecule has 0 aliphatic carbocycles. The van der Waals surface area contributed by atoms with Crippen LogP contribution in [0.15, 0.2) is 36.5 Å². The maximum absolute atomic E-state index is 4.77. The lowest BCUT2D eigenvalue weighted by Crippen LogP contribution is -2.19. The molecular formula is C18H20N6. The van der Waals surface area contributed by atoms with E-state index in [4.69, 9.17) is 5.10 Å². The zero-order valence-electron chi connectivity index (χ0n) is 14.1. The maximum atomic E-state index is 4.77. The van der Waals surface area contributed by atoms with Gasteiger partial charge in [0.15, 0.2) is 5.65 Å². The molecule has 0 saturated carbocycles. The summed E-state index contributed by atoms with van der Waals surface area (Å²) in [6.45, 7) is 5.14. The summed E-state index contributed by atoms with van der Waals surface area (Å²) in [5.41, 5.74) is 4.93. The van der Waals surface area contributed by atoms with Crippen molar-refractivity contribution in [2.75, 3.05) is 18.5 Å². The lowest BCUT2D eigenvalue weighted by Gasteiger charge is -2.17. The molecule has 0 aliphatic rings. The summed E-state index contributed by atoms with van der Waals surface area (Å²) in [5, 5.41) is 13.3. The van der Waals surface area contributed by atoms with Gasteiger partial charge in [0.25, 0.3) is 0 Å². The summed E-state index contributed by atoms with van der Waals surface area (Å²) < 4.78 is 1.91. The number of aryl methyl sites for hydroxylation is 1. The number of nitrogens with zero attached hydrogens (tertiary/aromatic N) is 5. The Morgan fingerprint density at radius 3 is 2.92 bits per heavy atom. The van der Waals surface area contributed by atoms with Gasteiger partial charge in [-0.2, -0.15) is 5.10 Å². The second kappa shape index (κ2) is 5.63. The number of anilines is 1. The molecule has 3 aromatic heterocycles. The van der Waals surface area contributed by atoms with Crippen LogP contribution in [-0.4, -0.2) is 38.4 Å². The largest absolute Gasteiger partial charge is 0.358 e. The van der Waals surface area contributed by atoms with Gasteiger partial charge in [0.05, 0.1) is 23.1 Å². The molecule has 6 nitrogen and oxygen atoms in total. The Morgan fingerprint density at radius 2 is 2.08 bits per heavy atom. The molecule has 4 aromatic rings. The maximum Gasteiger partial charge on any atom is 0.154 e. The molecule has 0 fully saturated rings. The van der Waals surface area contributed by atoms with Gasteiger partial charge < -0.3 is 4.90 Å². The Balaban J connectivity index is 1.83. The number of imidazole rings is 1. The Bertz CT molecular complexity index is 1010. The zero-order valence-corrected chi connectivity index (χ0v) is 14.1. The summed E-state index contributed by atoms with van der Waals surface area (Å²) in [4.78, 5) is 6.64. The number of hydrogen-bond acceptors (Lipinski definition) is 4. The van der Waals surface area contributed by atoms with Gasteiger partial charge in [-0.3, -0.25) is 5.10 Å². The van der Waals surface area contributed by atoms with E-state index >= 15 is 0 Å². The number of nitrogens with one attached hydrogen (secondary N) is 1. The van der Waals surface area contributed by atoms with Crippen molar-refractivity contribution in [1.82, 2.24) is 24.8 Å². The van der Waals surface area contributed by atoms with E-state index in [1.165, 1.54) is 0 Å². The van der Waals surface area contributed by atoms with E-state index in [-0.39, 0.29) is 0 Å². The third-order valence-corrected chi connectivity index (χ3v) is 4.35. The van der Waals surface area contributed by atoms with Crippen LogP contribution in [-0.2, 0) is 0 Å². The molecule has 24 heavy (non-hydrogen) atoms. The van der Waals surface area contributed by atoms with Crippen molar-refractivity contribution in [3.8, 4) is 11.3 Å². The third kappa shape index (κ3) is 2.31. The molecule has 0 amide bonds. The zero-order chi connectivity index (χ0) is 16.7. The molecule has 0 spiro atoms. The quantitative estimate of drug-likeness (QED) is 0.626. The highest BCUT2D eigenvalue weighted by Crippen LogP contribution is 2.25. The lowest BCUT2D eigenvalue weighted by molar-refractivity contribution is 0.810. The first-order chi connectivity index (χ1) is 11.7. The van der Waals surface area contributed by atoms with Crippen LogP contribution < -0.4 is 4.90 Å². The molecule has 0 radical (unpaired) electrons. The second-order valence-corrected chi connectivity index (χ2v) is 6.10. The van der Waals surface area contributed by atoms with Crippen LogP contribution in [0.1, 0.15) is 19.0 Å². The third-order valence-electron chi connectivity index (χ3n) is 4.35. The monoisotopic (exact) mass is 320 g/mol. The van der Waals surface area contributed by atoms with E-state index in [0.717, 1.165) is 52.3 Å². The van der Waals surface area contributed by atoms with Gasteiger partial charge in [-0.05, 0) is 31.5 Å². The van der Waals surface area contributed by atoms with Crippen LogP contribution in [0.3, 0.4) is 0 Å². The second-order valence-electron chi connectivity index (χ2n) is 6.10. The summed E-state index contributed by atoms with van der Waals surface area (Å²) >= 11 is 0. The summed E-state index contributed by atoms with van der Waals surface area (Å²) in [6.07, 6.45) is 2.96. The van der Waals surface area contributed by atoms with Crippen molar-refractivity contribution in [3.63, 3.8) is 0 Å². The summed E-state index contributed by atoms with van der Waals surface area (Å²) in [6, 6.07) is 10.3. The minimum absolute atomic E-state index is 0.847. The Hall–Kier alpha value is -2.89. The van der Waals surface area contributed by atoms with Crippen molar-refractivity contribution in [2.45, 2.75) is 20.3 Å². The van der Waals surface area contributed by atoms with Crippen LogP contribution in [0.5, 0.6) is 0 Å². The van der Waals surface area contributed by atoms with Crippen molar-refractivity contribution < 1.29 is 0 Å². The summed E-state index contributed by atoms with van der Waals surface area (Å²) in [5.74, 6) is 0.946. The predicted octanol–water partition coefficient (Wildman–Crippen LogP) is 3.43. The number of H-pyrrole nitrogens is 1. The van der Waals surface area contributed by atoms with Crippen molar-refractivity contribution in [2.24, 2.45) is 0 Å². The highest BCUT2D eigenvalue weighted by Gasteiger charge is 2.11. The normalized spacial score (nSPS) is 11.5. The van der Waals surface area contributed by atoms with Gasteiger partial charge in [-0.25, -0.2) is 9.50 Å². The van der Waals surface area contributed by atoms with E-state index in [0.29, 0.717) is 0 Å². The standard InChI is InChI=1S/C18H20N6/c1-4-9-23(3)18-8-7-17-19-11-16(24(17)22-18)13-5-6-14-12(2)20-21-15(14)10-13/h5-8,10-11H,4,9H2,1-3H3,(H,20,21). The molecule has 0 aliphatic heterocycles. The average Bonchev–Trinajstić information content (AvgIpc) is 3.18. The van der Waals surface area contributed by atoms with Gasteiger partial charge in [0, 0.05) is 24.5 Å². The molecule has 0 saturated heterocycles. The molecule has 6 heteroatoms. The van der Waals surface area contributed by atoms with Gasteiger partial charge in [0.1, 0.15) is 5.82 Å². The molecule has 3 heterocycles. The molecule has 1 aromatic carbocycles. The number of rotatable bonds is 4. The first-order valence-corrected chi connectivity index (χ1v) is 8.18. The predicted molar refractivity (Wildman–Crippen MR) is 96.4 cm³/mol. The molecule has 4 rings (SSSR count). The lowest BCUT2D eigenvalue weighted by atomic mass is 10.1. The van der Waals surface area contributed by atoms with Crippen LogP contribution >= 0.6 is 0 Å². The molecule has 122 valence electrons. The van der Waals surface area contributed by atoms with Gasteiger partial charge in [-0.1, -0.05) is 19.1 Å². The van der Waals surface area contributed by atoms with E-state index in [1.807, 2.05) is 29.8 Å². The highest BCUT2D eigenvalue weighted by atomic mass is 15.3.